The van der Waals surface area contributed by atoms with Gasteiger partial charge in [0.2, 0.25) is 0 Å². The second-order valence-corrected chi connectivity index (χ2v) is 6.58. The molecule has 0 aliphatic rings. The fraction of sp³-hybridized carbons (Fsp3) is 0.0500. The number of carbonyl (C=O) groups is 2. The van der Waals surface area contributed by atoms with E-state index >= 15 is 0 Å². The first-order chi connectivity index (χ1) is 13.0. The molecule has 136 valence electrons. The predicted octanol–water partition coefficient (Wildman–Crippen LogP) is 4.29. The number of hydrazone groups is 1. The third-order valence-corrected chi connectivity index (χ3v) is 4.60. The van der Waals surface area contributed by atoms with E-state index < -0.39 is 11.7 Å². The van der Waals surface area contributed by atoms with Crippen LogP contribution in [0, 0.1) is 5.82 Å². The van der Waals surface area contributed by atoms with Gasteiger partial charge in [-0.05, 0) is 48.2 Å². The molecule has 27 heavy (non-hydrogen) atoms. The summed E-state index contributed by atoms with van der Waals surface area (Å²) in [5.74, 6) is -1.43. The summed E-state index contributed by atoms with van der Waals surface area (Å²) in [6, 6.07) is 16.3. The van der Waals surface area contributed by atoms with Gasteiger partial charge in [0.05, 0.1) is 16.2 Å². The summed E-state index contributed by atoms with van der Waals surface area (Å²) in [7, 11) is 0. The summed E-state index contributed by atoms with van der Waals surface area (Å²) >= 11 is 1.36. The quantitative estimate of drug-likeness (QED) is 0.511. The standard InChI is InChI=1S/C20H16FN3O2S/c1-13(23-24-19(25)16-8-2-3-9-17(16)21)14-6-4-7-15(12-14)22-20(26)18-10-5-11-27-18/h2-12H,1H3,(H,22,26)(H,24,25). The van der Waals surface area contributed by atoms with Crippen molar-refractivity contribution in [2.24, 2.45) is 5.10 Å². The van der Waals surface area contributed by atoms with Crippen molar-refractivity contribution in [1.82, 2.24) is 5.43 Å². The Morgan fingerprint density at radius 2 is 1.81 bits per heavy atom. The van der Waals surface area contributed by atoms with E-state index in [1.165, 1.54) is 29.5 Å². The highest BCUT2D eigenvalue weighted by atomic mass is 32.1. The van der Waals surface area contributed by atoms with E-state index in [9.17, 15) is 14.0 Å². The molecule has 0 aliphatic carbocycles. The van der Waals surface area contributed by atoms with Gasteiger partial charge in [-0.2, -0.15) is 5.10 Å². The van der Waals surface area contributed by atoms with Gasteiger partial charge in [0.1, 0.15) is 5.82 Å². The van der Waals surface area contributed by atoms with Crippen molar-refractivity contribution in [3.05, 3.63) is 87.9 Å². The number of rotatable bonds is 5. The molecule has 0 saturated carbocycles. The molecule has 0 unspecified atom stereocenters. The van der Waals surface area contributed by atoms with E-state index in [2.05, 4.69) is 15.8 Å². The van der Waals surface area contributed by atoms with Crippen LogP contribution in [0.3, 0.4) is 0 Å². The average molecular weight is 381 g/mol. The average Bonchev–Trinajstić information content (AvgIpc) is 3.21. The first-order valence-corrected chi connectivity index (χ1v) is 8.97. The smallest absolute Gasteiger partial charge is 0.274 e. The van der Waals surface area contributed by atoms with Gasteiger partial charge in [-0.25, -0.2) is 9.82 Å². The van der Waals surface area contributed by atoms with Crippen molar-refractivity contribution in [3.8, 4) is 0 Å². The van der Waals surface area contributed by atoms with Gasteiger partial charge >= 0.3 is 0 Å². The van der Waals surface area contributed by atoms with Crippen LogP contribution in [0.4, 0.5) is 10.1 Å². The van der Waals surface area contributed by atoms with Crippen LogP contribution in [-0.2, 0) is 0 Å². The molecular formula is C20H16FN3O2S. The molecule has 1 heterocycles. The summed E-state index contributed by atoms with van der Waals surface area (Å²) < 4.78 is 13.6. The lowest BCUT2D eigenvalue weighted by atomic mass is 10.1. The minimum absolute atomic E-state index is 0.0778. The zero-order chi connectivity index (χ0) is 19.2. The second-order valence-electron chi connectivity index (χ2n) is 5.63. The molecule has 2 N–H and O–H groups in total. The number of carbonyl (C=O) groups excluding carboxylic acids is 2. The monoisotopic (exact) mass is 381 g/mol. The Balaban J connectivity index is 1.70. The molecule has 0 saturated heterocycles. The molecule has 0 atom stereocenters. The zero-order valence-corrected chi connectivity index (χ0v) is 15.2. The summed E-state index contributed by atoms with van der Waals surface area (Å²) in [5.41, 5.74) is 4.11. The number of nitrogens with one attached hydrogen (secondary N) is 2. The molecule has 5 nitrogen and oxygen atoms in total. The number of nitrogens with zero attached hydrogens (tertiary/aromatic N) is 1. The molecule has 0 bridgehead atoms. The number of thiophene rings is 1. The number of hydrogen-bond acceptors (Lipinski definition) is 4. The maximum atomic E-state index is 13.6. The molecule has 1 aromatic heterocycles. The first kappa shape index (κ1) is 18.5. The van der Waals surface area contributed by atoms with Gasteiger partial charge in [-0.3, -0.25) is 9.59 Å². The summed E-state index contributed by atoms with van der Waals surface area (Å²) in [6.07, 6.45) is 0. The zero-order valence-electron chi connectivity index (χ0n) is 14.4. The molecule has 7 heteroatoms. The van der Waals surface area contributed by atoms with Crippen molar-refractivity contribution < 1.29 is 14.0 Å². The largest absolute Gasteiger partial charge is 0.321 e. The molecule has 2 amide bonds. The van der Waals surface area contributed by atoms with Crippen molar-refractivity contribution in [1.29, 1.82) is 0 Å². The minimum atomic E-state index is -0.630. The second kappa shape index (κ2) is 8.37. The molecular weight excluding hydrogens is 365 g/mol. The fourth-order valence-electron chi connectivity index (χ4n) is 2.33. The van der Waals surface area contributed by atoms with Gasteiger partial charge in [-0.15, -0.1) is 11.3 Å². The van der Waals surface area contributed by atoms with Gasteiger partial charge in [0, 0.05) is 5.69 Å². The van der Waals surface area contributed by atoms with E-state index in [-0.39, 0.29) is 11.5 Å². The highest BCUT2D eigenvalue weighted by molar-refractivity contribution is 7.12. The third-order valence-electron chi connectivity index (χ3n) is 3.73. The molecule has 0 spiro atoms. The van der Waals surface area contributed by atoms with Crippen LogP contribution in [0.2, 0.25) is 0 Å². The lowest BCUT2D eigenvalue weighted by Gasteiger charge is -2.07. The highest BCUT2D eigenvalue weighted by Crippen LogP contribution is 2.15. The molecule has 2 aromatic carbocycles. The lowest BCUT2D eigenvalue weighted by molar-refractivity contribution is 0.0950. The third kappa shape index (κ3) is 4.65. The van der Waals surface area contributed by atoms with Crippen LogP contribution in [0.15, 0.2) is 71.1 Å². The van der Waals surface area contributed by atoms with Gasteiger partial charge in [0.25, 0.3) is 11.8 Å². The molecule has 3 aromatic rings. The molecule has 3 rings (SSSR count). The summed E-state index contributed by atoms with van der Waals surface area (Å²) in [5, 5.41) is 8.67. The van der Waals surface area contributed by atoms with Crippen molar-refractivity contribution in [3.63, 3.8) is 0 Å². The SMILES string of the molecule is CC(=NNC(=O)c1ccccc1F)c1cccc(NC(=O)c2cccs2)c1. The normalized spacial score (nSPS) is 11.1. The van der Waals surface area contributed by atoms with Crippen LogP contribution < -0.4 is 10.7 Å². The van der Waals surface area contributed by atoms with Crippen molar-refractivity contribution in [2.75, 3.05) is 5.32 Å². The number of benzene rings is 2. The van der Waals surface area contributed by atoms with Crippen LogP contribution in [0.5, 0.6) is 0 Å². The summed E-state index contributed by atoms with van der Waals surface area (Å²) in [4.78, 5) is 24.8. The Morgan fingerprint density at radius 3 is 2.56 bits per heavy atom. The fourth-order valence-corrected chi connectivity index (χ4v) is 2.95. The van der Waals surface area contributed by atoms with E-state index in [0.717, 1.165) is 0 Å². The van der Waals surface area contributed by atoms with E-state index in [1.807, 2.05) is 11.4 Å². The Kier molecular flexibility index (Phi) is 5.73. The minimum Gasteiger partial charge on any atom is -0.321 e. The van der Waals surface area contributed by atoms with E-state index in [0.29, 0.717) is 21.8 Å². The van der Waals surface area contributed by atoms with Gasteiger partial charge < -0.3 is 5.32 Å². The highest BCUT2D eigenvalue weighted by Gasteiger charge is 2.11. The Bertz CT molecular complexity index is 1000. The van der Waals surface area contributed by atoms with Gasteiger partial charge in [-0.1, -0.05) is 30.3 Å². The summed E-state index contributed by atoms with van der Waals surface area (Å²) in [6.45, 7) is 1.71. The number of halogens is 1. The van der Waals surface area contributed by atoms with Crippen LogP contribution in [0.25, 0.3) is 0 Å². The number of amides is 2. The van der Waals surface area contributed by atoms with Crippen molar-refractivity contribution >= 4 is 34.6 Å². The predicted molar refractivity (Wildman–Crippen MR) is 105 cm³/mol. The van der Waals surface area contributed by atoms with Crippen molar-refractivity contribution in [2.45, 2.75) is 6.92 Å². The molecule has 0 fully saturated rings. The number of hydrogen-bond donors (Lipinski definition) is 2. The lowest BCUT2D eigenvalue weighted by Crippen LogP contribution is -2.20. The van der Waals surface area contributed by atoms with Crippen LogP contribution in [-0.4, -0.2) is 17.5 Å². The maximum absolute atomic E-state index is 13.6. The van der Waals surface area contributed by atoms with Gasteiger partial charge in [0.15, 0.2) is 0 Å². The molecule has 0 radical (unpaired) electrons. The van der Waals surface area contributed by atoms with Crippen LogP contribution in [0.1, 0.15) is 32.5 Å². The Morgan fingerprint density at radius 1 is 1.00 bits per heavy atom. The molecule has 0 aliphatic heterocycles. The Labute approximate surface area is 159 Å². The first-order valence-electron chi connectivity index (χ1n) is 8.09. The van der Waals surface area contributed by atoms with E-state index in [4.69, 9.17) is 0 Å². The van der Waals surface area contributed by atoms with E-state index in [1.54, 1.807) is 43.3 Å². The maximum Gasteiger partial charge on any atom is 0.274 e. The number of anilines is 1. The topological polar surface area (TPSA) is 70.6 Å². The Hall–Kier alpha value is -3.32. The van der Waals surface area contributed by atoms with Crippen LogP contribution >= 0.6 is 11.3 Å².